The van der Waals surface area contributed by atoms with Crippen molar-refractivity contribution in [2.75, 3.05) is 59.4 Å². The van der Waals surface area contributed by atoms with E-state index in [4.69, 9.17) is 0 Å². The van der Waals surface area contributed by atoms with Crippen LogP contribution < -0.4 is 10.9 Å². The predicted octanol–water partition coefficient (Wildman–Crippen LogP) is 2.36. The van der Waals surface area contributed by atoms with Crippen molar-refractivity contribution in [3.8, 4) is 0 Å². The van der Waals surface area contributed by atoms with E-state index in [-0.39, 0.29) is 29.2 Å². The van der Waals surface area contributed by atoms with E-state index in [2.05, 4.69) is 43.4 Å². The lowest BCUT2D eigenvalue weighted by molar-refractivity contribution is -0.135. The number of likely N-dealkylation sites (tertiary alicyclic amines) is 2. The van der Waals surface area contributed by atoms with Gasteiger partial charge in [0.1, 0.15) is 11.8 Å². The number of pyridine rings is 1. The number of aromatic amines is 2. The Balaban J connectivity index is 1.02. The Morgan fingerprint density at radius 2 is 1.69 bits per heavy atom. The standard InChI is InChI=1S/C36H48N8O4/c1-23-17-24(18-27-22-37-40-33(23)27)19-32(35(47)43-15-13-42(14-16-43)28-7-9-41(2)10-8-28)39-36(48)44-11-5-25(6-12-44)30-21-26-20-29(45)3-4-31(26)38-34(30)46/h17-18,21-22,25,28,32H,3-16,19-20H2,1-2H3,(H,37,40)(H,38,46)(H,39,48)/t32-/m1/s1. The number of urea groups is 1. The largest absolute Gasteiger partial charge is 0.338 e. The monoisotopic (exact) mass is 656 g/mol. The average Bonchev–Trinajstić information content (AvgIpc) is 3.58. The number of aryl methyl sites for hydroxylation is 2. The number of rotatable bonds is 6. The second kappa shape index (κ2) is 13.8. The first-order valence-electron chi connectivity index (χ1n) is 17.7. The first-order chi connectivity index (χ1) is 23.2. The van der Waals surface area contributed by atoms with Gasteiger partial charge >= 0.3 is 6.03 Å². The van der Waals surface area contributed by atoms with Crippen molar-refractivity contribution >= 4 is 28.6 Å². The number of amides is 3. The molecule has 12 nitrogen and oxygen atoms in total. The number of hydrogen-bond donors (Lipinski definition) is 3. The smallest absolute Gasteiger partial charge is 0.318 e. The van der Waals surface area contributed by atoms with Gasteiger partial charge in [-0.15, -0.1) is 0 Å². The Kier molecular flexibility index (Phi) is 9.37. The van der Waals surface area contributed by atoms with Gasteiger partial charge in [-0.05, 0) is 93.9 Å². The molecule has 48 heavy (non-hydrogen) atoms. The topological polar surface area (TPSA) is 138 Å². The predicted molar refractivity (Wildman–Crippen MR) is 183 cm³/mol. The number of carbonyl (C=O) groups is 3. The molecule has 3 amide bonds. The van der Waals surface area contributed by atoms with E-state index in [9.17, 15) is 19.2 Å². The summed E-state index contributed by atoms with van der Waals surface area (Å²) in [5.41, 5.74) is 5.43. The lowest BCUT2D eigenvalue weighted by Crippen LogP contribution is -2.59. The van der Waals surface area contributed by atoms with Crippen LogP contribution in [0.5, 0.6) is 0 Å². The Morgan fingerprint density at radius 3 is 2.44 bits per heavy atom. The minimum absolute atomic E-state index is 0.0167. The van der Waals surface area contributed by atoms with Crippen molar-refractivity contribution in [2.24, 2.45) is 0 Å². The van der Waals surface area contributed by atoms with Crippen LogP contribution in [0, 0.1) is 6.92 Å². The molecule has 0 unspecified atom stereocenters. The van der Waals surface area contributed by atoms with Gasteiger partial charge < -0.3 is 25.0 Å². The van der Waals surface area contributed by atoms with E-state index in [1.165, 1.54) is 0 Å². The van der Waals surface area contributed by atoms with E-state index in [0.29, 0.717) is 76.3 Å². The SMILES string of the molecule is Cc1cc(C[C@@H](NC(=O)N2CCC(c3cc4c([nH]c3=O)CCC(=O)C4)CC2)C(=O)N2CCN(C3CCN(C)CC3)CC2)cc2cn[nH]c12. The minimum Gasteiger partial charge on any atom is -0.338 e. The number of benzene rings is 1. The quantitative estimate of drug-likeness (QED) is 0.371. The molecule has 1 aromatic carbocycles. The van der Waals surface area contributed by atoms with E-state index >= 15 is 0 Å². The van der Waals surface area contributed by atoms with Crippen LogP contribution in [0.4, 0.5) is 4.79 Å². The van der Waals surface area contributed by atoms with Crippen molar-refractivity contribution in [3.05, 3.63) is 62.7 Å². The van der Waals surface area contributed by atoms with Crippen molar-refractivity contribution in [1.29, 1.82) is 0 Å². The molecular weight excluding hydrogens is 608 g/mol. The number of piperidine rings is 2. The van der Waals surface area contributed by atoms with Crippen molar-refractivity contribution in [1.82, 2.24) is 40.1 Å². The van der Waals surface area contributed by atoms with Crippen LogP contribution in [-0.2, 0) is 28.9 Å². The molecule has 0 bridgehead atoms. The highest BCUT2D eigenvalue weighted by molar-refractivity contribution is 5.88. The summed E-state index contributed by atoms with van der Waals surface area (Å²) in [6, 6.07) is 5.66. The number of H-pyrrole nitrogens is 2. The molecule has 3 saturated heterocycles. The molecule has 0 spiro atoms. The number of hydrogen-bond acceptors (Lipinski definition) is 7. The molecule has 3 N–H and O–H groups in total. The van der Waals surface area contributed by atoms with E-state index in [1.54, 1.807) is 11.1 Å². The Hall–Kier alpha value is -4.03. The van der Waals surface area contributed by atoms with Crippen molar-refractivity contribution < 1.29 is 14.4 Å². The lowest BCUT2D eigenvalue weighted by atomic mass is 9.87. The first-order valence-corrected chi connectivity index (χ1v) is 17.7. The Labute approximate surface area is 281 Å². The van der Waals surface area contributed by atoms with Crippen molar-refractivity contribution in [2.45, 2.75) is 76.3 Å². The molecule has 3 aromatic rings. The molecule has 7 rings (SSSR count). The molecule has 5 heterocycles. The molecule has 256 valence electrons. The van der Waals surface area contributed by atoms with Crippen LogP contribution in [0.3, 0.4) is 0 Å². The summed E-state index contributed by atoms with van der Waals surface area (Å²) in [6.45, 7) is 8.24. The summed E-state index contributed by atoms with van der Waals surface area (Å²) >= 11 is 0. The van der Waals surface area contributed by atoms with Gasteiger partial charge in [-0.2, -0.15) is 5.10 Å². The van der Waals surface area contributed by atoms with Crippen LogP contribution in [0.25, 0.3) is 10.9 Å². The van der Waals surface area contributed by atoms with E-state index in [1.807, 2.05) is 24.0 Å². The number of piperazine rings is 1. The Morgan fingerprint density at radius 1 is 0.938 bits per heavy atom. The minimum atomic E-state index is -0.699. The molecule has 0 radical (unpaired) electrons. The normalized spacial score (nSPS) is 21.0. The van der Waals surface area contributed by atoms with Gasteiger partial charge in [-0.3, -0.25) is 24.4 Å². The molecule has 12 heteroatoms. The van der Waals surface area contributed by atoms with Gasteiger partial charge in [0.15, 0.2) is 0 Å². The van der Waals surface area contributed by atoms with Gasteiger partial charge in [0.2, 0.25) is 5.91 Å². The third-order valence-corrected chi connectivity index (χ3v) is 11.2. The molecule has 0 saturated carbocycles. The zero-order valence-corrected chi connectivity index (χ0v) is 28.2. The molecule has 3 aliphatic heterocycles. The fraction of sp³-hybridized carbons (Fsp3) is 0.583. The fourth-order valence-corrected chi connectivity index (χ4v) is 8.27. The second-order valence-corrected chi connectivity index (χ2v) is 14.4. The van der Waals surface area contributed by atoms with E-state index < -0.39 is 6.04 Å². The summed E-state index contributed by atoms with van der Waals surface area (Å²) in [5, 5.41) is 11.3. The highest BCUT2D eigenvalue weighted by atomic mass is 16.2. The molecular formula is C36H48N8O4. The third kappa shape index (κ3) is 6.91. The maximum atomic E-state index is 14.1. The summed E-state index contributed by atoms with van der Waals surface area (Å²) in [7, 11) is 2.18. The van der Waals surface area contributed by atoms with E-state index in [0.717, 1.165) is 72.3 Å². The van der Waals surface area contributed by atoms with Gasteiger partial charge in [-0.1, -0.05) is 6.07 Å². The molecule has 4 aliphatic rings. The number of carbonyl (C=O) groups excluding carboxylic acids is 3. The van der Waals surface area contributed by atoms with Crippen LogP contribution in [0.2, 0.25) is 0 Å². The first kappa shape index (κ1) is 32.5. The third-order valence-electron chi connectivity index (χ3n) is 11.2. The maximum absolute atomic E-state index is 14.1. The van der Waals surface area contributed by atoms with Crippen LogP contribution in [0.15, 0.2) is 29.2 Å². The summed E-state index contributed by atoms with van der Waals surface area (Å²) in [5.74, 6) is 0.180. The summed E-state index contributed by atoms with van der Waals surface area (Å²) < 4.78 is 0. The molecule has 1 aliphatic carbocycles. The Bertz CT molecular complexity index is 1730. The maximum Gasteiger partial charge on any atom is 0.318 e. The highest BCUT2D eigenvalue weighted by Crippen LogP contribution is 2.29. The average molecular weight is 657 g/mol. The van der Waals surface area contributed by atoms with Crippen LogP contribution >= 0.6 is 0 Å². The fourth-order valence-electron chi connectivity index (χ4n) is 8.27. The van der Waals surface area contributed by atoms with Gasteiger partial charge in [0.25, 0.3) is 5.56 Å². The summed E-state index contributed by atoms with van der Waals surface area (Å²) in [4.78, 5) is 64.6. The number of ketones is 1. The zero-order chi connectivity index (χ0) is 33.4. The number of fused-ring (bicyclic) bond motifs is 2. The van der Waals surface area contributed by atoms with Crippen molar-refractivity contribution in [3.63, 3.8) is 0 Å². The highest BCUT2D eigenvalue weighted by Gasteiger charge is 2.34. The number of nitrogens with one attached hydrogen (secondary N) is 3. The molecule has 1 atom stereocenters. The zero-order valence-electron chi connectivity index (χ0n) is 28.2. The number of nitrogens with zero attached hydrogens (tertiary/aromatic N) is 5. The van der Waals surface area contributed by atoms with Gasteiger partial charge in [0, 0.05) is 81.2 Å². The number of Topliss-reactive ketones (excluding diaryl/α,β-unsaturated/α-hetero) is 1. The van der Waals surface area contributed by atoms with Crippen LogP contribution in [-0.4, -0.2) is 124 Å². The second-order valence-electron chi connectivity index (χ2n) is 14.4. The van der Waals surface area contributed by atoms with Crippen LogP contribution in [0.1, 0.15) is 66.0 Å². The van der Waals surface area contributed by atoms with Gasteiger partial charge in [0.05, 0.1) is 11.7 Å². The molecule has 3 fully saturated rings. The molecule has 2 aromatic heterocycles. The summed E-state index contributed by atoms with van der Waals surface area (Å²) in [6.07, 6.45) is 7.24. The number of aromatic nitrogens is 3. The lowest BCUT2D eigenvalue weighted by Gasteiger charge is -2.43. The van der Waals surface area contributed by atoms with Gasteiger partial charge in [-0.25, -0.2) is 4.79 Å².